The van der Waals surface area contributed by atoms with Gasteiger partial charge in [-0.1, -0.05) is 6.42 Å². The third-order valence-corrected chi connectivity index (χ3v) is 5.29. The maximum atomic E-state index is 13.3. The number of aromatic nitrogens is 2. The van der Waals surface area contributed by atoms with Crippen LogP contribution >= 0.6 is 0 Å². The molecule has 3 nitrogen and oxygen atoms in total. The highest BCUT2D eigenvalue weighted by atomic mass is 19.4. The molecule has 0 saturated heterocycles. The Bertz CT molecular complexity index is 570. The highest BCUT2D eigenvalue weighted by molar-refractivity contribution is 5.31. The monoisotopic (exact) mass is 297 g/mol. The van der Waals surface area contributed by atoms with Crippen LogP contribution in [0, 0.1) is 11.8 Å². The van der Waals surface area contributed by atoms with Gasteiger partial charge in [0.25, 0.3) is 0 Å². The van der Waals surface area contributed by atoms with Gasteiger partial charge in [-0.3, -0.25) is 0 Å². The molecule has 2 saturated carbocycles. The Morgan fingerprint density at radius 1 is 1.10 bits per heavy atom. The van der Waals surface area contributed by atoms with Gasteiger partial charge in [-0.25, -0.2) is 9.97 Å². The van der Waals surface area contributed by atoms with E-state index in [4.69, 9.17) is 0 Å². The van der Waals surface area contributed by atoms with E-state index in [0.717, 1.165) is 19.3 Å². The molecule has 2 bridgehead atoms. The zero-order chi connectivity index (χ0) is 14.6. The maximum absolute atomic E-state index is 13.3. The summed E-state index contributed by atoms with van der Waals surface area (Å²) in [5.41, 5.74) is 0.145. The van der Waals surface area contributed by atoms with E-state index in [1.165, 1.54) is 6.42 Å². The summed E-state index contributed by atoms with van der Waals surface area (Å²) in [4.78, 5) is 8.52. The molecule has 0 spiro atoms. The van der Waals surface area contributed by atoms with Crippen molar-refractivity contribution in [1.29, 1.82) is 0 Å². The van der Waals surface area contributed by atoms with Crippen LogP contribution in [0.15, 0.2) is 0 Å². The van der Waals surface area contributed by atoms with Gasteiger partial charge in [0, 0.05) is 31.0 Å². The Balaban J connectivity index is 1.78. The van der Waals surface area contributed by atoms with Crippen LogP contribution in [-0.2, 0) is 19.1 Å². The Hall–Kier alpha value is -1.17. The van der Waals surface area contributed by atoms with Gasteiger partial charge in [0.15, 0.2) is 5.69 Å². The number of nitrogens with zero attached hydrogens (tertiary/aromatic N) is 2. The summed E-state index contributed by atoms with van der Waals surface area (Å²) in [6.45, 7) is 0.915. The number of halogens is 3. The van der Waals surface area contributed by atoms with E-state index in [2.05, 4.69) is 15.3 Å². The Labute approximate surface area is 121 Å². The summed E-state index contributed by atoms with van der Waals surface area (Å²) < 4.78 is 39.9. The van der Waals surface area contributed by atoms with Crippen molar-refractivity contribution >= 4 is 0 Å². The molecule has 114 valence electrons. The van der Waals surface area contributed by atoms with Crippen LogP contribution in [0.25, 0.3) is 0 Å². The van der Waals surface area contributed by atoms with Crippen molar-refractivity contribution < 1.29 is 13.2 Å². The van der Waals surface area contributed by atoms with Gasteiger partial charge in [0.05, 0.1) is 5.69 Å². The fraction of sp³-hybridized carbons (Fsp3) is 0.733. The van der Waals surface area contributed by atoms with Crippen molar-refractivity contribution in [3.8, 4) is 0 Å². The standard InChI is InChI=1S/C15H18F3N3/c16-15(17,18)13-11-7-19-4-3-12(11)20-14(21-13)10-6-8-1-2-9(10)5-8/h8-10,19H,1-7H2. The van der Waals surface area contributed by atoms with Gasteiger partial charge in [-0.05, 0) is 31.1 Å². The summed E-state index contributed by atoms with van der Waals surface area (Å²) in [7, 11) is 0. The Morgan fingerprint density at radius 2 is 1.95 bits per heavy atom. The summed E-state index contributed by atoms with van der Waals surface area (Å²) in [6, 6.07) is 0. The first-order valence-corrected chi connectivity index (χ1v) is 7.70. The lowest BCUT2D eigenvalue weighted by atomic mass is 9.88. The number of nitrogens with one attached hydrogen (secondary N) is 1. The Kier molecular flexibility index (Phi) is 3.00. The molecule has 3 aliphatic rings. The Morgan fingerprint density at radius 3 is 2.62 bits per heavy atom. The average Bonchev–Trinajstić information content (AvgIpc) is 3.07. The minimum atomic E-state index is -4.39. The number of fused-ring (bicyclic) bond motifs is 3. The van der Waals surface area contributed by atoms with Gasteiger partial charge in [-0.2, -0.15) is 13.2 Å². The smallest absolute Gasteiger partial charge is 0.312 e. The van der Waals surface area contributed by atoms with E-state index >= 15 is 0 Å². The highest BCUT2D eigenvalue weighted by Gasteiger charge is 2.44. The van der Waals surface area contributed by atoms with Gasteiger partial charge in [-0.15, -0.1) is 0 Å². The van der Waals surface area contributed by atoms with E-state index in [1.54, 1.807) is 0 Å². The third-order valence-electron chi connectivity index (χ3n) is 5.29. The second-order valence-electron chi connectivity index (χ2n) is 6.56. The number of hydrogen-bond donors (Lipinski definition) is 1. The quantitative estimate of drug-likeness (QED) is 0.866. The molecule has 1 aromatic heterocycles. The molecule has 3 unspecified atom stereocenters. The highest BCUT2D eigenvalue weighted by Crippen LogP contribution is 2.52. The second-order valence-corrected chi connectivity index (χ2v) is 6.56. The first kappa shape index (κ1) is 13.5. The normalized spacial score (nSPS) is 31.5. The van der Waals surface area contributed by atoms with Gasteiger partial charge in [0.2, 0.25) is 0 Å². The molecule has 0 radical (unpaired) electrons. The first-order valence-electron chi connectivity index (χ1n) is 7.70. The molecule has 4 rings (SSSR count). The number of alkyl halides is 3. The molecular formula is C15H18F3N3. The minimum Gasteiger partial charge on any atom is -0.312 e. The van der Waals surface area contributed by atoms with E-state index in [1.807, 2.05) is 0 Å². The molecular weight excluding hydrogens is 279 g/mol. The number of hydrogen-bond acceptors (Lipinski definition) is 3. The largest absolute Gasteiger partial charge is 0.433 e. The van der Waals surface area contributed by atoms with Crippen LogP contribution in [0.5, 0.6) is 0 Å². The average molecular weight is 297 g/mol. The van der Waals surface area contributed by atoms with Crippen molar-refractivity contribution in [2.45, 2.75) is 50.7 Å². The summed E-state index contributed by atoms with van der Waals surface area (Å²) >= 11 is 0. The van der Waals surface area contributed by atoms with Crippen LogP contribution in [0.3, 0.4) is 0 Å². The minimum absolute atomic E-state index is 0.144. The molecule has 1 N–H and O–H groups in total. The molecule has 0 amide bonds. The van der Waals surface area contributed by atoms with Crippen LogP contribution in [0.4, 0.5) is 13.2 Å². The van der Waals surface area contributed by atoms with Crippen LogP contribution in [0.2, 0.25) is 0 Å². The predicted octanol–water partition coefficient (Wildman–Crippen LogP) is 3.04. The summed E-state index contributed by atoms with van der Waals surface area (Å²) in [6.07, 6.45) is 0.640. The molecule has 1 aliphatic heterocycles. The third kappa shape index (κ3) is 2.24. The van der Waals surface area contributed by atoms with Gasteiger partial charge >= 0.3 is 6.18 Å². The fourth-order valence-electron chi connectivity index (χ4n) is 4.32. The second kappa shape index (κ2) is 4.66. The van der Waals surface area contributed by atoms with Crippen molar-refractivity contribution in [3.05, 3.63) is 22.8 Å². The lowest BCUT2D eigenvalue weighted by Crippen LogP contribution is -2.30. The molecule has 2 heterocycles. The number of rotatable bonds is 1. The molecule has 0 aromatic carbocycles. The van der Waals surface area contributed by atoms with E-state index in [9.17, 15) is 13.2 Å². The van der Waals surface area contributed by atoms with Crippen molar-refractivity contribution in [1.82, 2.24) is 15.3 Å². The predicted molar refractivity (Wildman–Crippen MR) is 70.6 cm³/mol. The molecule has 6 heteroatoms. The SMILES string of the molecule is FC(F)(F)c1nc(C2CC3CCC2C3)nc2c1CNCC2. The van der Waals surface area contributed by atoms with Crippen molar-refractivity contribution in [2.24, 2.45) is 11.8 Å². The van der Waals surface area contributed by atoms with Crippen LogP contribution in [0.1, 0.15) is 54.4 Å². The summed E-state index contributed by atoms with van der Waals surface area (Å²) in [5.74, 6) is 1.77. The van der Waals surface area contributed by atoms with Gasteiger partial charge < -0.3 is 5.32 Å². The molecule has 2 aliphatic carbocycles. The first-order chi connectivity index (χ1) is 10.0. The van der Waals surface area contributed by atoms with Crippen molar-refractivity contribution in [3.63, 3.8) is 0 Å². The summed E-state index contributed by atoms with van der Waals surface area (Å²) in [5, 5.41) is 2.99. The lowest BCUT2D eigenvalue weighted by Gasteiger charge is -2.25. The van der Waals surface area contributed by atoms with E-state index < -0.39 is 11.9 Å². The molecule has 3 atom stereocenters. The lowest BCUT2D eigenvalue weighted by molar-refractivity contribution is -0.142. The van der Waals surface area contributed by atoms with Crippen LogP contribution < -0.4 is 5.32 Å². The molecule has 21 heavy (non-hydrogen) atoms. The molecule has 2 fully saturated rings. The van der Waals surface area contributed by atoms with Crippen molar-refractivity contribution in [2.75, 3.05) is 6.54 Å². The maximum Gasteiger partial charge on any atom is 0.433 e. The topological polar surface area (TPSA) is 37.8 Å². The van der Waals surface area contributed by atoms with Crippen LogP contribution in [-0.4, -0.2) is 16.5 Å². The van der Waals surface area contributed by atoms with E-state index in [-0.39, 0.29) is 18.0 Å². The molecule has 1 aromatic rings. The zero-order valence-corrected chi connectivity index (χ0v) is 11.7. The van der Waals surface area contributed by atoms with E-state index in [0.29, 0.717) is 36.3 Å². The fourth-order valence-corrected chi connectivity index (χ4v) is 4.32. The zero-order valence-electron chi connectivity index (χ0n) is 11.7. The van der Waals surface area contributed by atoms with Gasteiger partial charge in [0.1, 0.15) is 5.82 Å².